The van der Waals surface area contributed by atoms with Gasteiger partial charge >= 0.3 is 0 Å². The summed E-state index contributed by atoms with van der Waals surface area (Å²) in [5, 5.41) is 7.71. The number of hydrogen-bond acceptors (Lipinski definition) is 1. The van der Waals surface area contributed by atoms with Gasteiger partial charge in [0.2, 0.25) is 0 Å². The van der Waals surface area contributed by atoms with E-state index < -0.39 is 0 Å². The first-order valence-corrected chi connectivity index (χ1v) is 35.2. The zero-order valence-corrected chi connectivity index (χ0v) is 55.2. The number of hydrogen-bond donors (Lipinski definition) is 0. The van der Waals surface area contributed by atoms with Crippen LogP contribution in [0, 0.1) is 13.8 Å². The molecule has 0 amide bonds. The van der Waals surface area contributed by atoms with Gasteiger partial charge in [-0.1, -0.05) is 287 Å². The van der Waals surface area contributed by atoms with Gasteiger partial charge in [0.05, 0.1) is 0 Å². The predicted molar refractivity (Wildman–Crippen MR) is 390 cm³/mol. The molecule has 0 saturated heterocycles. The third kappa shape index (κ3) is 9.69. The zero-order valence-electron chi connectivity index (χ0n) is 55.2. The van der Waals surface area contributed by atoms with Crippen LogP contribution in [0.25, 0.3) is 88.0 Å². The second-order valence-corrected chi connectivity index (χ2v) is 27.6. The van der Waals surface area contributed by atoms with Gasteiger partial charge in [-0.2, -0.15) is 0 Å². The molecule has 0 heterocycles. The molecule has 0 aromatic heterocycles. The van der Waals surface area contributed by atoms with Crippen molar-refractivity contribution in [1.82, 2.24) is 0 Å². The summed E-state index contributed by atoms with van der Waals surface area (Å²) < 4.78 is 0. The SMILES string of the molecule is CCCCC1(CCCC)c2cc(C)ccc2-c2ccc(N(c3ccc4c(c3)C(CCCC)(CCCC)c3cc(C)ccc3-4)c3ccc4cc(-c5c6ccccc6c(-c6cccc7c6-c6ccccc6C7(CCCC)CCCC)c6ccccc56)ccc4c3)cc21. The van der Waals surface area contributed by atoms with E-state index in [-0.39, 0.29) is 16.2 Å². The number of anilines is 3. The Balaban J connectivity index is 0.942. The number of fused-ring (bicyclic) bond motifs is 12. The second-order valence-electron chi connectivity index (χ2n) is 27.6. The van der Waals surface area contributed by atoms with E-state index >= 15 is 0 Å². The maximum absolute atomic E-state index is 2.65. The summed E-state index contributed by atoms with van der Waals surface area (Å²) in [6, 6.07) is 79.9. The summed E-state index contributed by atoms with van der Waals surface area (Å²) in [6.45, 7) is 18.8. The highest BCUT2D eigenvalue weighted by Gasteiger charge is 2.46. The summed E-state index contributed by atoms with van der Waals surface area (Å²) in [5.41, 5.74) is 29.3. The van der Waals surface area contributed by atoms with E-state index in [2.05, 4.69) is 260 Å². The van der Waals surface area contributed by atoms with Gasteiger partial charge in [-0.3, -0.25) is 0 Å². The van der Waals surface area contributed by atoms with Crippen molar-refractivity contribution in [2.45, 2.75) is 187 Å². The highest BCUT2D eigenvalue weighted by molar-refractivity contribution is 6.23. The van der Waals surface area contributed by atoms with Crippen molar-refractivity contribution < 1.29 is 0 Å². The van der Waals surface area contributed by atoms with Crippen molar-refractivity contribution in [2.75, 3.05) is 4.90 Å². The summed E-state index contributed by atoms with van der Waals surface area (Å²) in [6.07, 6.45) is 21.4. The van der Waals surface area contributed by atoms with E-state index in [9.17, 15) is 0 Å². The molecule has 1 heteroatoms. The fraction of sp³-hybridized carbons (Fsp3) is 0.326. The van der Waals surface area contributed by atoms with Crippen molar-refractivity contribution in [1.29, 1.82) is 0 Å². The molecule has 0 saturated carbocycles. The van der Waals surface area contributed by atoms with Crippen LogP contribution in [-0.4, -0.2) is 0 Å². The van der Waals surface area contributed by atoms with Crippen molar-refractivity contribution in [2.24, 2.45) is 0 Å². The summed E-state index contributed by atoms with van der Waals surface area (Å²) >= 11 is 0. The maximum atomic E-state index is 2.65. The van der Waals surface area contributed by atoms with Crippen LogP contribution in [0.1, 0.15) is 202 Å². The van der Waals surface area contributed by atoms with Crippen LogP contribution in [0.2, 0.25) is 0 Å². The molecule has 11 aromatic rings. The standard InChI is InChI=1S/C89H93N/c1-9-15-48-87(49-16-10-2)78-34-26-25-32-76(78)86-77(33-27-35-79(86)87)85-74-30-23-21-28-72(74)84(73-29-22-24-31-75(73)85)64-39-38-63-57-65(41-40-62(63)56-64)90(66-42-46-70-68-44-36-60(7)54-80(68)88(50-17-11-3,51-18-12-4)82(70)58-66)67-43-47-71-69-45-37-61(8)55-81(69)89(52-19-13-5,53-20-14-6)83(71)59-67/h21-47,54-59H,9-20,48-53H2,1-8H3. The normalized spacial score (nSPS) is 14.4. The third-order valence-electron chi connectivity index (χ3n) is 22.1. The average molecular weight is 1180 g/mol. The van der Waals surface area contributed by atoms with Gasteiger partial charge in [0.15, 0.2) is 0 Å². The van der Waals surface area contributed by atoms with Crippen LogP contribution in [0.15, 0.2) is 200 Å². The predicted octanol–water partition coefficient (Wildman–Crippen LogP) is 26.5. The Labute approximate surface area is 538 Å². The Morgan fingerprint density at radius 3 is 1.12 bits per heavy atom. The number of nitrogens with zero attached hydrogens (tertiary/aromatic N) is 1. The molecule has 0 N–H and O–H groups in total. The fourth-order valence-corrected chi connectivity index (χ4v) is 17.8. The molecule has 0 spiro atoms. The van der Waals surface area contributed by atoms with Gasteiger partial charge in [-0.25, -0.2) is 0 Å². The highest BCUT2D eigenvalue weighted by atomic mass is 15.1. The molecule has 0 fully saturated rings. The molecule has 3 aliphatic rings. The van der Waals surface area contributed by atoms with Gasteiger partial charge in [-0.15, -0.1) is 0 Å². The topological polar surface area (TPSA) is 3.24 Å². The van der Waals surface area contributed by atoms with E-state index in [1.54, 1.807) is 11.1 Å². The molecule has 0 aliphatic heterocycles. The van der Waals surface area contributed by atoms with Gasteiger partial charge < -0.3 is 4.90 Å². The van der Waals surface area contributed by atoms with E-state index in [4.69, 9.17) is 0 Å². The van der Waals surface area contributed by atoms with Crippen LogP contribution < -0.4 is 4.90 Å². The number of aryl methyl sites for hydroxylation is 2. The van der Waals surface area contributed by atoms with Crippen LogP contribution >= 0.6 is 0 Å². The lowest BCUT2D eigenvalue weighted by molar-refractivity contribution is 0.414. The Morgan fingerprint density at radius 2 is 0.633 bits per heavy atom. The van der Waals surface area contributed by atoms with Crippen molar-refractivity contribution >= 4 is 49.4 Å². The molecule has 0 radical (unpaired) electrons. The quantitative estimate of drug-likeness (QED) is 0.0577. The third-order valence-corrected chi connectivity index (χ3v) is 22.1. The summed E-state index contributed by atoms with van der Waals surface area (Å²) in [4.78, 5) is 2.64. The minimum Gasteiger partial charge on any atom is -0.310 e. The second kappa shape index (κ2) is 24.7. The Bertz CT molecular complexity index is 4300. The Morgan fingerprint density at radius 1 is 0.267 bits per heavy atom. The van der Waals surface area contributed by atoms with Crippen molar-refractivity contribution in [3.63, 3.8) is 0 Å². The van der Waals surface area contributed by atoms with Crippen LogP contribution in [-0.2, 0) is 16.2 Å². The minimum atomic E-state index is -0.0371. The largest absolute Gasteiger partial charge is 0.310 e. The monoisotopic (exact) mass is 1180 g/mol. The first-order chi connectivity index (χ1) is 44.1. The van der Waals surface area contributed by atoms with Crippen LogP contribution in [0.3, 0.4) is 0 Å². The lowest BCUT2D eigenvalue weighted by Gasteiger charge is -2.35. The molecule has 454 valence electrons. The molecule has 90 heavy (non-hydrogen) atoms. The molecule has 11 aromatic carbocycles. The molecule has 0 bridgehead atoms. The highest BCUT2D eigenvalue weighted by Crippen LogP contribution is 2.61. The smallest absolute Gasteiger partial charge is 0.0468 e. The van der Waals surface area contributed by atoms with E-state index in [1.807, 2.05) is 0 Å². The van der Waals surface area contributed by atoms with Gasteiger partial charge in [0.25, 0.3) is 0 Å². The average Bonchev–Trinajstić information content (AvgIpc) is 1.57. The van der Waals surface area contributed by atoms with Gasteiger partial charge in [0, 0.05) is 33.3 Å². The van der Waals surface area contributed by atoms with E-state index in [1.165, 1.54) is 228 Å². The summed E-state index contributed by atoms with van der Waals surface area (Å²) in [7, 11) is 0. The van der Waals surface area contributed by atoms with E-state index in [0.29, 0.717) is 0 Å². The molecule has 0 atom stereocenters. The number of rotatable bonds is 23. The fourth-order valence-electron chi connectivity index (χ4n) is 17.8. The Hall–Kier alpha value is -8.00. The lowest BCUT2D eigenvalue weighted by Crippen LogP contribution is -2.26. The molecule has 3 aliphatic carbocycles. The molecular formula is C89H93N. The molecule has 1 nitrogen and oxygen atoms in total. The van der Waals surface area contributed by atoms with Crippen LogP contribution in [0.4, 0.5) is 17.1 Å². The molecular weight excluding hydrogens is 1080 g/mol. The maximum Gasteiger partial charge on any atom is 0.0468 e. The number of benzene rings is 11. The first kappa shape index (κ1) is 59.6. The first-order valence-electron chi connectivity index (χ1n) is 35.2. The summed E-state index contributed by atoms with van der Waals surface area (Å²) in [5.74, 6) is 0. The van der Waals surface area contributed by atoms with E-state index in [0.717, 1.165) is 25.7 Å². The van der Waals surface area contributed by atoms with Crippen molar-refractivity contribution in [3.05, 3.63) is 245 Å². The molecule has 14 rings (SSSR count). The minimum absolute atomic E-state index is 0.0181. The van der Waals surface area contributed by atoms with Crippen molar-refractivity contribution in [3.8, 4) is 55.6 Å². The van der Waals surface area contributed by atoms with Gasteiger partial charge in [0.1, 0.15) is 0 Å². The number of unbranched alkanes of at least 4 members (excludes halogenated alkanes) is 6. The van der Waals surface area contributed by atoms with Crippen LogP contribution in [0.5, 0.6) is 0 Å². The lowest BCUT2D eigenvalue weighted by atomic mass is 9.70. The zero-order chi connectivity index (χ0) is 61.7. The molecule has 0 unspecified atom stereocenters. The van der Waals surface area contributed by atoms with Gasteiger partial charge in [-0.05, 0) is 216 Å². The Kier molecular flexibility index (Phi) is 16.3.